The Morgan fingerprint density at radius 2 is 2.13 bits per heavy atom. The maximum atomic E-state index is 11.7. The molecule has 0 fully saturated rings. The largest absolute Gasteiger partial charge is 0.287 e. The third-order valence-electron chi connectivity index (χ3n) is 1.94. The number of hydrogen-bond acceptors (Lipinski definition) is 2. The van der Waals surface area contributed by atoms with E-state index in [1.54, 1.807) is 31.2 Å². The van der Waals surface area contributed by atoms with Crippen LogP contribution >= 0.6 is 0 Å². The van der Waals surface area contributed by atoms with E-state index in [0.29, 0.717) is 0 Å². The van der Waals surface area contributed by atoms with Crippen molar-refractivity contribution in [1.82, 2.24) is 4.72 Å². The Kier molecular flexibility index (Phi) is 3.91. The topological polar surface area (TPSA) is 46.2 Å². The third-order valence-corrected chi connectivity index (χ3v) is 3.28. The van der Waals surface area contributed by atoms with Crippen LogP contribution in [0.5, 0.6) is 0 Å². The average molecular weight is 225 g/mol. The Labute approximate surface area is 90.9 Å². The SMILES string of the molecule is C/C=C/NS(=O)(=O)C1=CC=CC(C)C=C1. The third kappa shape index (κ3) is 3.40. The lowest BCUT2D eigenvalue weighted by molar-refractivity contribution is 0.597. The Bertz CT molecular complexity index is 428. The van der Waals surface area contributed by atoms with Crippen LogP contribution in [0.2, 0.25) is 0 Å². The second-order valence-corrected chi connectivity index (χ2v) is 5.01. The minimum Gasteiger partial charge on any atom is -0.287 e. The summed E-state index contributed by atoms with van der Waals surface area (Å²) in [6, 6.07) is 0. The first kappa shape index (κ1) is 11.8. The summed E-state index contributed by atoms with van der Waals surface area (Å²) in [5.41, 5.74) is 0. The van der Waals surface area contributed by atoms with E-state index in [2.05, 4.69) is 4.72 Å². The molecule has 0 spiro atoms. The van der Waals surface area contributed by atoms with Gasteiger partial charge in [0.05, 0.1) is 4.91 Å². The van der Waals surface area contributed by atoms with Gasteiger partial charge in [-0.2, -0.15) is 0 Å². The molecule has 0 aromatic carbocycles. The summed E-state index contributed by atoms with van der Waals surface area (Å²) in [7, 11) is -3.41. The van der Waals surface area contributed by atoms with Gasteiger partial charge in [0.2, 0.25) is 0 Å². The fourth-order valence-electron chi connectivity index (χ4n) is 1.10. The molecule has 15 heavy (non-hydrogen) atoms. The highest BCUT2D eigenvalue weighted by atomic mass is 32.2. The minimum atomic E-state index is -3.41. The Hall–Kier alpha value is -1.29. The van der Waals surface area contributed by atoms with Crippen LogP contribution in [0.3, 0.4) is 0 Å². The van der Waals surface area contributed by atoms with Crippen LogP contribution in [0.15, 0.2) is 47.6 Å². The van der Waals surface area contributed by atoms with Crippen LogP contribution in [0, 0.1) is 5.92 Å². The summed E-state index contributed by atoms with van der Waals surface area (Å²) in [4.78, 5) is 0.279. The van der Waals surface area contributed by atoms with Crippen molar-refractivity contribution in [1.29, 1.82) is 0 Å². The lowest BCUT2D eigenvalue weighted by atomic mass is 10.2. The van der Waals surface area contributed by atoms with E-state index in [4.69, 9.17) is 0 Å². The van der Waals surface area contributed by atoms with Crippen molar-refractivity contribution in [2.24, 2.45) is 5.92 Å². The van der Waals surface area contributed by atoms with Crippen LogP contribution in [0.1, 0.15) is 13.8 Å². The Balaban J connectivity index is 2.93. The van der Waals surface area contributed by atoms with Gasteiger partial charge < -0.3 is 0 Å². The normalized spacial score (nSPS) is 21.5. The molecule has 1 N–H and O–H groups in total. The van der Waals surface area contributed by atoms with Crippen LogP contribution in [0.25, 0.3) is 0 Å². The van der Waals surface area contributed by atoms with E-state index in [1.807, 2.05) is 19.1 Å². The van der Waals surface area contributed by atoms with Crippen molar-refractivity contribution >= 4 is 10.0 Å². The zero-order chi connectivity index (χ0) is 11.3. The number of nitrogens with one attached hydrogen (secondary N) is 1. The van der Waals surface area contributed by atoms with Gasteiger partial charge in [-0.25, -0.2) is 8.42 Å². The van der Waals surface area contributed by atoms with Gasteiger partial charge >= 0.3 is 0 Å². The smallest absolute Gasteiger partial charge is 0.261 e. The Morgan fingerprint density at radius 1 is 1.40 bits per heavy atom. The number of sulfonamides is 1. The van der Waals surface area contributed by atoms with E-state index in [9.17, 15) is 8.42 Å². The van der Waals surface area contributed by atoms with E-state index in [0.717, 1.165) is 0 Å². The van der Waals surface area contributed by atoms with Crippen molar-refractivity contribution in [3.8, 4) is 0 Å². The maximum absolute atomic E-state index is 11.7. The van der Waals surface area contributed by atoms with E-state index in [1.165, 1.54) is 6.20 Å². The van der Waals surface area contributed by atoms with Gasteiger partial charge in [0.15, 0.2) is 0 Å². The molecule has 0 saturated heterocycles. The molecule has 82 valence electrons. The van der Waals surface area contributed by atoms with Gasteiger partial charge in [0.25, 0.3) is 10.0 Å². The molecule has 1 unspecified atom stereocenters. The molecule has 1 rings (SSSR count). The second-order valence-electron chi connectivity index (χ2n) is 3.29. The molecule has 0 bridgehead atoms. The molecule has 1 aliphatic rings. The van der Waals surface area contributed by atoms with Crippen molar-refractivity contribution in [2.75, 3.05) is 0 Å². The lowest BCUT2D eigenvalue weighted by Crippen LogP contribution is -2.18. The summed E-state index contributed by atoms with van der Waals surface area (Å²) in [5.74, 6) is 0.260. The van der Waals surface area contributed by atoms with E-state index < -0.39 is 10.0 Å². The first-order valence-corrected chi connectivity index (χ1v) is 6.25. The van der Waals surface area contributed by atoms with Gasteiger partial charge in [0.1, 0.15) is 0 Å². The molecular formula is C11H15NO2S. The fourth-order valence-corrected chi connectivity index (χ4v) is 2.06. The average Bonchev–Trinajstić information content (AvgIpc) is 2.40. The summed E-state index contributed by atoms with van der Waals surface area (Å²) in [5, 5.41) is 0. The van der Waals surface area contributed by atoms with Gasteiger partial charge in [-0.05, 0) is 25.0 Å². The molecule has 4 heteroatoms. The summed E-state index contributed by atoms with van der Waals surface area (Å²) >= 11 is 0. The monoisotopic (exact) mass is 225 g/mol. The molecule has 1 atom stereocenters. The second kappa shape index (κ2) is 4.98. The first-order valence-electron chi connectivity index (χ1n) is 4.76. The summed E-state index contributed by atoms with van der Waals surface area (Å²) < 4.78 is 25.7. The van der Waals surface area contributed by atoms with Crippen LogP contribution < -0.4 is 4.72 Å². The predicted molar refractivity (Wildman–Crippen MR) is 62.4 cm³/mol. The molecule has 3 nitrogen and oxygen atoms in total. The van der Waals surface area contributed by atoms with Crippen molar-refractivity contribution in [3.05, 3.63) is 47.6 Å². The van der Waals surface area contributed by atoms with E-state index >= 15 is 0 Å². The molecule has 1 aliphatic carbocycles. The van der Waals surface area contributed by atoms with Crippen LogP contribution in [0.4, 0.5) is 0 Å². The number of hydrogen-bond donors (Lipinski definition) is 1. The van der Waals surface area contributed by atoms with Gasteiger partial charge in [-0.3, -0.25) is 4.72 Å². The maximum Gasteiger partial charge on any atom is 0.261 e. The molecule has 0 heterocycles. The lowest BCUT2D eigenvalue weighted by Gasteiger charge is -2.03. The molecule has 0 aromatic rings. The quantitative estimate of drug-likeness (QED) is 0.799. The van der Waals surface area contributed by atoms with E-state index in [-0.39, 0.29) is 10.8 Å². The molecular weight excluding hydrogens is 210 g/mol. The van der Waals surface area contributed by atoms with Crippen LogP contribution in [-0.4, -0.2) is 8.42 Å². The van der Waals surface area contributed by atoms with Gasteiger partial charge in [0, 0.05) is 6.20 Å². The zero-order valence-corrected chi connectivity index (χ0v) is 9.66. The molecule has 0 aliphatic heterocycles. The molecule has 0 saturated carbocycles. The first-order chi connectivity index (χ1) is 7.06. The highest BCUT2D eigenvalue weighted by molar-refractivity contribution is 7.93. The standard InChI is InChI=1S/C11H15NO2S/c1-3-9-12-15(13,14)11-6-4-5-10(2)7-8-11/h3-10,12H,1-2H3/b9-3+. The molecule has 0 radical (unpaired) electrons. The highest BCUT2D eigenvalue weighted by Crippen LogP contribution is 2.13. The van der Waals surface area contributed by atoms with Gasteiger partial charge in [-0.1, -0.05) is 31.2 Å². The van der Waals surface area contributed by atoms with Gasteiger partial charge in [-0.15, -0.1) is 0 Å². The Morgan fingerprint density at radius 3 is 2.80 bits per heavy atom. The molecule has 0 aromatic heterocycles. The minimum absolute atomic E-state index is 0.260. The molecule has 0 amide bonds. The van der Waals surface area contributed by atoms with Crippen molar-refractivity contribution in [2.45, 2.75) is 13.8 Å². The van der Waals surface area contributed by atoms with Crippen molar-refractivity contribution in [3.63, 3.8) is 0 Å². The fraction of sp³-hybridized carbons (Fsp3) is 0.273. The predicted octanol–water partition coefficient (Wildman–Crippen LogP) is 2.09. The highest BCUT2D eigenvalue weighted by Gasteiger charge is 2.13. The van der Waals surface area contributed by atoms with Crippen molar-refractivity contribution < 1.29 is 8.42 Å². The van der Waals surface area contributed by atoms with Crippen LogP contribution in [-0.2, 0) is 10.0 Å². The number of allylic oxidation sites excluding steroid dienone is 6. The summed E-state index contributed by atoms with van der Waals surface area (Å²) in [6.07, 6.45) is 11.8. The number of rotatable bonds is 3. The zero-order valence-electron chi connectivity index (χ0n) is 8.84. The summed E-state index contributed by atoms with van der Waals surface area (Å²) in [6.45, 7) is 3.75.